The minimum atomic E-state index is -4.39. The van der Waals surface area contributed by atoms with Crippen molar-refractivity contribution < 1.29 is 22.6 Å². The lowest BCUT2D eigenvalue weighted by Gasteiger charge is -2.21. The Kier molecular flexibility index (Phi) is 6.95. The fraction of sp³-hybridized carbons (Fsp3) is 0.261. The van der Waals surface area contributed by atoms with E-state index in [1.54, 1.807) is 44.8 Å². The molecule has 3 rings (SSSR count). The molecule has 158 valence electrons. The van der Waals surface area contributed by atoms with E-state index < -0.39 is 17.8 Å². The molecule has 4 nitrogen and oxygen atoms in total. The van der Waals surface area contributed by atoms with Gasteiger partial charge in [0.15, 0.2) is 11.5 Å². The van der Waals surface area contributed by atoms with E-state index in [9.17, 15) is 13.2 Å². The third-order valence-corrected chi connectivity index (χ3v) is 4.80. The van der Waals surface area contributed by atoms with Crippen molar-refractivity contribution in [2.75, 3.05) is 20.8 Å². The highest BCUT2D eigenvalue weighted by Crippen LogP contribution is 2.32. The molecule has 0 radical (unpaired) electrons. The van der Waals surface area contributed by atoms with Crippen molar-refractivity contribution in [3.63, 3.8) is 0 Å². The van der Waals surface area contributed by atoms with Gasteiger partial charge < -0.3 is 14.8 Å². The maximum atomic E-state index is 13.2. The number of rotatable bonds is 8. The molecular weight excluding hydrogens is 393 g/mol. The van der Waals surface area contributed by atoms with Crippen molar-refractivity contribution in [2.24, 2.45) is 0 Å². The van der Waals surface area contributed by atoms with E-state index in [1.807, 2.05) is 18.2 Å². The van der Waals surface area contributed by atoms with Gasteiger partial charge in [-0.3, -0.25) is 4.98 Å². The summed E-state index contributed by atoms with van der Waals surface area (Å²) < 4.78 is 50.1. The third-order valence-electron chi connectivity index (χ3n) is 4.80. The number of nitrogens with zero attached hydrogens (tertiary/aromatic N) is 1. The Labute approximate surface area is 173 Å². The van der Waals surface area contributed by atoms with Crippen LogP contribution in [0.5, 0.6) is 11.5 Å². The first kappa shape index (κ1) is 21.6. The van der Waals surface area contributed by atoms with Gasteiger partial charge in [0.25, 0.3) is 0 Å². The van der Waals surface area contributed by atoms with Gasteiger partial charge in [-0.2, -0.15) is 13.2 Å². The normalized spacial score (nSPS) is 12.4. The molecule has 1 heterocycles. The number of aromatic nitrogens is 1. The average Bonchev–Trinajstić information content (AvgIpc) is 2.76. The lowest BCUT2D eigenvalue weighted by atomic mass is 9.97. The summed E-state index contributed by atoms with van der Waals surface area (Å²) in [5, 5.41) is 3.38. The Morgan fingerprint density at radius 1 is 0.900 bits per heavy atom. The van der Waals surface area contributed by atoms with Crippen LogP contribution in [0.2, 0.25) is 0 Å². The van der Waals surface area contributed by atoms with Crippen molar-refractivity contribution in [1.82, 2.24) is 10.3 Å². The summed E-state index contributed by atoms with van der Waals surface area (Å²) in [5.41, 5.74) is 1.75. The average molecular weight is 416 g/mol. The van der Waals surface area contributed by atoms with Crippen molar-refractivity contribution in [3.8, 4) is 11.5 Å². The van der Waals surface area contributed by atoms with E-state index in [2.05, 4.69) is 10.3 Å². The minimum Gasteiger partial charge on any atom is -0.493 e. The van der Waals surface area contributed by atoms with Gasteiger partial charge in [0.05, 0.1) is 25.8 Å². The second-order valence-corrected chi connectivity index (χ2v) is 6.73. The Bertz CT molecular complexity index is 962. The topological polar surface area (TPSA) is 43.4 Å². The zero-order valence-corrected chi connectivity index (χ0v) is 16.7. The molecule has 0 spiro atoms. The largest absolute Gasteiger partial charge is 0.493 e. The van der Waals surface area contributed by atoms with Gasteiger partial charge in [0.1, 0.15) is 0 Å². The third kappa shape index (κ3) is 5.30. The smallest absolute Gasteiger partial charge is 0.416 e. The lowest BCUT2D eigenvalue weighted by molar-refractivity contribution is -0.137. The molecule has 30 heavy (non-hydrogen) atoms. The first-order valence-corrected chi connectivity index (χ1v) is 9.43. The Morgan fingerprint density at radius 3 is 2.30 bits per heavy atom. The van der Waals surface area contributed by atoms with Gasteiger partial charge in [-0.05, 0) is 59.5 Å². The summed E-state index contributed by atoms with van der Waals surface area (Å²) in [4.78, 5) is 4.01. The zero-order chi connectivity index (χ0) is 21.6. The van der Waals surface area contributed by atoms with Crippen LogP contribution in [0.1, 0.15) is 28.3 Å². The number of ether oxygens (including phenoxy) is 2. The van der Waals surface area contributed by atoms with Crippen molar-refractivity contribution in [2.45, 2.75) is 18.6 Å². The Hall–Kier alpha value is -3.06. The van der Waals surface area contributed by atoms with Crippen LogP contribution in [0.4, 0.5) is 13.2 Å². The van der Waals surface area contributed by atoms with Crippen LogP contribution in [-0.4, -0.2) is 25.7 Å². The highest BCUT2D eigenvalue weighted by atomic mass is 19.4. The number of nitrogens with one attached hydrogen (secondary N) is 1. The molecule has 0 unspecified atom stereocenters. The molecule has 0 saturated carbocycles. The molecule has 0 aliphatic carbocycles. The summed E-state index contributed by atoms with van der Waals surface area (Å²) in [5.74, 6) is 1.28. The van der Waals surface area contributed by atoms with Crippen LogP contribution < -0.4 is 14.8 Å². The molecule has 7 heteroatoms. The monoisotopic (exact) mass is 416 g/mol. The molecule has 1 aromatic heterocycles. The predicted octanol–water partition coefficient (Wildman–Crippen LogP) is 5.04. The number of benzene rings is 2. The maximum Gasteiger partial charge on any atom is 0.416 e. The van der Waals surface area contributed by atoms with Gasteiger partial charge in [-0.1, -0.05) is 18.2 Å². The minimum absolute atomic E-state index is 0.393. The van der Waals surface area contributed by atoms with Crippen LogP contribution in [0, 0.1) is 0 Å². The molecule has 2 aromatic carbocycles. The summed E-state index contributed by atoms with van der Waals surface area (Å²) in [6.45, 7) is 0.554. The van der Waals surface area contributed by atoms with Gasteiger partial charge in [-0.15, -0.1) is 0 Å². The molecule has 0 bridgehead atoms. The fourth-order valence-electron chi connectivity index (χ4n) is 3.28. The van der Waals surface area contributed by atoms with E-state index in [-0.39, 0.29) is 0 Å². The number of halogens is 3. The first-order chi connectivity index (χ1) is 14.4. The van der Waals surface area contributed by atoms with Gasteiger partial charge in [0, 0.05) is 18.9 Å². The van der Waals surface area contributed by atoms with E-state index in [0.29, 0.717) is 30.0 Å². The summed E-state index contributed by atoms with van der Waals surface area (Å²) in [6, 6.07) is 14.3. The lowest BCUT2D eigenvalue weighted by Crippen LogP contribution is -2.25. The van der Waals surface area contributed by atoms with Crippen molar-refractivity contribution in [3.05, 3.63) is 89.2 Å². The number of alkyl halides is 3. The molecule has 0 aliphatic rings. The number of pyridine rings is 1. The molecular formula is C23H23F3N2O2. The summed E-state index contributed by atoms with van der Waals surface area (Å²) >= 11 is 0. The number of methoxy groups -OCH3 is 2. The van der Waals surface area contributed by atoms with Crippen LogP contribution in [-0.2, 0) is 12.6 Å². The van der Waals surface area contributed by atoms with Crippen LogP contribution in [0.3, 0.4) is 0 Å². The Morgan fingerprint density at radius 2 is 1.63 bits per heavy atom. The molecule has 1 N–H and O–H groups in total. The van der Waals surface area contributed by atoms with E-state index >= 15 is 0 Å². The quantitative estimate of drug-likeness (QED) is 0.559. The maximum absolute atomic E-state index is 13.2. The molecule has 0 fully saturated rings. The highest BCUT2D eigenvalue weighted by Gasteiger charge is 2.31. The van der Waals surface area contributed by atoms with Crippen LogP contribution in [0.25, 0.3) is 0 Å². The molecule has 0 saturated heterocycles. The van der Waals surface area contributed by atoms with Gasteiger partial charge in [0.2, 0.25) is 0 Å². The second kappa shape index (κ2) is 9.63. The zero-order valence-electron chi connectivity index (χ0n) is 16.7. The predicted molar refractivity (Wildman–Crippen MR) is 109 cm³/mol. The van der Waals surface area contributed by atoms with Crippen LogP contribution >= 0.6 is 0 Å². The van der Waals surface area contributed by atoms with E-state index in [1.165, 1.54) is 12.1 Å². The van der Waals surface area contributed by atoms with Crippen molar-refractivity contribution in [1.29, 1.82) is 0 Å². The van der Waals surface area contributed by atoms with Crippen LogP contribution in [0.15, 0.2) is 67.0 Å². The van der Waals surface area contributed by atoms with Gasteiger partial charge in [-0.25, -0.2) is 0 Å². The summed E-state index contributed by atoms with van der Waals surface area (Å²) in [6.07, 6.45) is -0.461. The second-order valence-electron chi connectivity index (χ2n) is 6.73. The molecule has 0 amide bonds. The Balaban J connectivity index is 1.80. The first-order valence-electron chi connectivity index (χ1n) is 9.43. The van der Waals surface area contributed by atoms with Crippen molar-refractivity contribution >= 4 is 0 Å². The van der Waals surface area contributed by atoms with Gasteiger partial charge >= 0.3 is 6.18 Å². The number of hydrogen-bond donors (Lipinski definition) is 1. The standard InChI is InChI=1S/C23H23F3N2O2/c1-29-20-7-6-16(14-21(20)30-2)8-13-28-22(17-9-11-27-12-10-17)18-4-3-5-19(15-18)23(24,25)26/h3-7,9-12,14-15,22,28H,8,13H2,1-2H3/t22-/m0/s1. The molecule has 0 aliphatic heterocycles. The number of hydrogen-bond acceptors (Lipinski definition) is 4. The molecule has 1 atom stereocenters. The fourth-order valence-corrected chi connectivity index (χ4v) is 3.28. The SMILES string of the molecule is COc1ccc(CCN[C@@H](c2ccncc2)c2cccc(C(F)(F)F)c2)cc1OC. The van der Waals surface area contributed by atoms with E-state index in [0.717, 1.165) is 17.2 Å². The summed E-state index contributed by atoms with van der Waals surface area (Å²) in [7, 11) is 3.15. The highest BCUT2D eigenvalue weighted by molar-refractivity contribution is 5.43. The van der Waals surface area contributed by atoms with E-state index in [4.69, 9.17) is 9.47 Å². The molecule has 3 aromatic rings.